The molecule has 3 heterocycles. The van der Waals surface area contributed by atoms with Crippen molar-refractivity contribution < 1.29 is 26.3 Å². The zero-order valence-corrected chi connectivity index (χ0v) is 16.6. The van der Waals surface area contributed by atoms with Gasteiger partial charge in [-0.15, -0.1) is 3.89 Å². The molecule has 1 aromatic carbocycles. The maximum Gasteiger partial charge on any atom is 0.332 e. The number of oxazole rings is 1. The highest BCUT2D eigenvalue weighted by Crippen LogP contribution is 2.25. The SMILES string of the molecule is O=C(COc1ccc(S(=O)(=O)F)cc1)NCC1CCN(c2nc3ncccc3o2)C1. The van der Waals surface area contributed by atoms with E-state index in [0.29, 0.717) is 30.3 Å². The lowest BCUT2D eigenvalue weighted by Gasteiger charge is -2.14. The predicted molar refractivity (Wildman–Crippen MR) is 105 cm³/mol. The number of fused-ring (bicyclic) bond motifs is 1. The highest BCUT2D eigenvalue weighted by molar-refractivity contribution is 7.86. The number of benzene rings is 1. The molecular formula is C19H19FN4O5S. The minimum absolute atomic E-state index is 0.227. The van der Waals surface area contributed by atoms with Crippen LogP contribution in [0, 0.1) is 5.92 Å². The van der Waals surface area contributed by atoms with E-state index in [1.54, 1.807) is 12.3 Å². The largest absolute Gasteiger partial charge is 0.484 e. The summed E-state index contributed by atoms with van der Waals surface area (Å²) in [6.07, 6.45) is 2.54. The third-order valence-electron chi connectivity index (χ3n) is 4.77. The molecule has 3 aromatic rings. The molecule has 1 amide bonds. The highest BCUT2D eigenvalue weighted by Gasteiger charge is 2.26. The van der Waals surface area contributed by atoms with Gasteiger partial charge in [-0.1, -0.05) is 0 Å². The molecule has 1 unspecified atom stereocenters. The van der Waals surface area contributed by atoms with Gasteiger partial charge in [0.15, 0.2) is 12.2 Å². The number of halogens is 1. The number of anilines is 1. The molecule has 1 saturated heterocycles. The van der Waals surface area contributed by atoms with E-state index in [9.17, 15) is 17.1 Å². The Morgan fingerprint density at radius 1 is 1.30 bits per heavy atom. The van der Waals surface area contributed by atoms with E-state index in [1.807, 2.05) is 11.0 Å². The molecule has 1 N–H and O–H groups in total. The Balaban J connectivity index is 1.22. The van der Waals surface area contributed by atoms with Crippen LogP contribution in [0.1, 0.15) is 6.42 Å². The van der Waals surface area contributed by atoms with E-state index in [4.69, 9.17) is 9.15 Å². The van der Waals surface area contributed by atoms with Gasteiger partial charge in [0, 0.05) is 25.8 Å². The summed E-state index contributed by atoms with van der Waals surface area (Å²) in [5.41, 5.74) is 1.21. The van der Waals surface area contributed by atoms with Crippen molar-refractivity contribution in [3.05, 3.63) is 42.6 Å². The Bertz CT molecular complexity index is 1120. The lowest BCUT2D eigenvalue weighted by atomic mass is 10.1. The summed E-state index contributed by atoms with van der Waals surface area (Å²) in [5.74, 6) is 0.210. The van der Waals surface area contributed by atoms with Crippen LogP contribution >= 0.6 is 0 Å². The van der Waals surface area contributed by atoms with E-state index >= 15 is 0 Å². The zero-order valence-electron chi connectivity index (χ0n) is 15.8. The number of aromatic nitrogens is 2. The fraction of sp³-hybridized carbons (Fsp3) is 0.316. The Hall–Kier alpha value is -3.21. The van der Waals surface area contributed by atoms with E-state index in [2.05, 4.69) is 15.3 Å². The van der Waals surface area contributed by atoms with Crippen molar-refractivity contribution in [1.29, 1.82) is 0 Å². The van der Waals surface area contributed by atoms with Crippen LogP contribution in [0.3, 0.4) is 0 Å². The first-order chi connectivity index (χ1) is 14.4. The second-order valence-corrected chi connectivity index (χ2v) is 8.27. The van der Waals surface area contributed by atoms with Gasteiger partial charge in [-0.3, -0.25) is 4.79 Å². The molecule has 1 aliphatic rings. The number of carbonyl (C=O) groups excluding carboxylic acids is 1. The predicted octanol–water partition coefficient (Wildman–Crippen LogP) is 1.90. The van der Waals surface area contributed by atoms with Crippen molar-refractivity contribution in [2.75, 3.05) is 31.1 Å². The van der Waals surface area contributed by atoms with Crippen molar-refractivity contribution in [2.45, 2.75) is 11.3 Å². The normalized spacial score (nSPS) is 16.7. The standard InChI is InChI=1S/C19H19FN4O5S/c20-30(26,27)15-5-3-14(4-6-15)28-12-17(25)22-10-13-7-9-24(11-13)19-23-18-16(29-19)2-1-8-21-18/h1-6,8,13H,7,9-12H2,(H,22,25). The van der Waals surface area contributed by atoms with Gasteiger partial charge in [0.05, 0.1) is 4.90 Å². The number of nitrogens with one attached hydrogen (secondary N) is 1. The van der Waals surface area contributed by atoms with Crippen LogP contribution in [0.4, 0.5) is 9.90 Å². The Kier molecular flexibility index (Phi) is 5.53. The number of amides is 1. The van der Waals surface area contributed by atoms with Gasteiger partial charge < -0.3 is 19.4 Å². The van der Waals surface area contributed by atoms with E-state index < -0.39 is 15.1 Å². The number of pyridine rings is 1. The van der Waals surface area contributed by atoms with Crippen LogP contribution in [0.2, 0.25) is 0 Å². The van der Waals surface area contributed by atoms with E-state index in [-0.39, 0.29) is 24.2 Å². The molecule has 1 fully saturated rings. The van der Waals surface area contributed by atoms with Gasteiger partial charge in [0.2, 0.25) is 5.65 Å². The van der Waals surface area contributed by atoms with E-state index in [0.717, 1.165) is 25.1 Å². The van der Waals surface area contributed by atoms with Gasteiger partial charge in [0.1, 0.15) is 5.75 Å². The molecule has 9 nitrogen and oxygen atoms in total. The quantitative estimate of drug-likeness (QED) is 0.561. The smallest absolute Gasteiger partial charge is 0.332 e. The molecule has 0 spiro atoms. The Morgan fingerprint density at radius 3 is 2.83 bits per heavy atom. The summed E-state index contributed by atoms with van der Waals surface area (Å²) in [4.78, 5) is 22.1. The lowest BCUT2D eigenvalue weighted by Crippen LogP contribution is -2.34. The maximum atomic E-state index is 12.9. The van der Waals surface area contributed by atoms with Crippen molar-refractivity contribution in [3.63, 3.8) is 0 Å². The van der Waals surface area contributed by atoms with Gasteiger partial charge in [0.25, 0.3) is 11.9 Å². The summed E-state index contributed by atoms with van der Waals surface area (Å²) in [7, 11) is -4.75. The summed E-state index contributed by atoms with van der Waals surface area (Å²) < 4.78 is 45.5. The highest BCUT2D eigenvalue weighted by atomic mass is 32.3. The van der Waals surface area contributed by atoms with Crippen molar-refractivity contribution >= 4 is 33.4 Å². The molecule has 1 aliphatic heterocycles. The number of hydrogen-bond donors (Lipinski definition) is 1. The van der Waals surface area contributed by atoms with Crippen LogP contribution in [0.5, 0.6) is 5.75 Å². The van der Waals surface area contributed by atoms with Gasteiger partial charge in [-0.25, -0.2) is 4.98 Å². The molecule has 0 saturated carbocycles. The number of carbonyl (C=O) groups is 1. The van der Waals surface area contributed by atoms with E-state index in [1.165, 1.54) is 12.1 Å². The van der Waals surface area contributed by atoms with Crippen molar-refractivity contribution in [2.24, 2.45) is 5.92 Å². The summed E-state index contributed by atoms with van der Waals surface area (Å²) in [6.45, 7) is 1.73. The molecule has 2 aromatic heterocycles. The number of rotatable bonds is 7. The third kappa shape index (κ3) is 4.67. The number of nitrogens with zero attached hydrogens (tertiary/aromatic N) is 3. The van der Waals surface area contributed by atoms with Crippen molar-refractivity contribution in [1.82, 2.24) is 15.3 Å². The first-order valence-electron chi connectivity index (χ1n) is 9.29. The second kappa shape index (κ2) is 8.27. The molecule has 11 heteroatoms. The average Bonchev–Trinajstić information content (AvgIpc) is 3.37. The van der Waals surface area contributed by atoms with Crippen LogP contribution in [0.15, 0.2) is 51.9 Å². The number of ether oxygens (including phenoxy) is 1. The lowest BCUT2D eigenvalue weighted by molar-refractivity contribution is -0.123. The number of hydrogen-bond acceptors (Lipinski definition) is 8. The zero-order chi connectivity index (χ0) is 21.1. The summed E-state index contributed by atoms with van der Waals surface area (Å²) >= 11 is 0. The molecule has 1 atom stereocenters. The van der Waals surface area contributed by atoms with Crippen molar-refractivity contribution in [3.8, 4) is 5.75 Å². The molecule has 30 heavy (non-hydrogen) atoms. The molecule has 158 valence electrons. The van der Waals surface area contributed by atoms with Crippen LogP contribution in [-0.4, -0.2) is 50.5 Å². The average molecular weight is 434 g/mol. The molecule has 0 bridgehead atoms. The first kappa shape index (κ1) is 20.1. The maximum absolute atomic E-state index is 12.9. The molecular weight excluding hydrogens is 415 g/mol. The fourth-order valence-electron chi connectivity index (χ4n) is 3.22. The molecule has 0 radical (unpaired) electrons. The third-order valence-corrected chi connectivity index (χ3v) is 5.61. The minimum atomic E-state index is -4.75. The fourth-order valence-corrected chi connectivity index (χ4v) is 3.68. The van der Waals surface area contributed by atoms with Gasteiger partial charge >= 0.3 is 10.2 Å². The first-order valence-corrected chi connectivity index (χ1v) is 10.7. The summed E-state index contributed by atoms with van der Waals surface area (Å²) in [5, 5.41) is 2.82. The minimum Gasteiger partial charge on any atom is -0.484 e. The van der Waals surface area contributed by atoms with Gasteiger partial charge in [-0.2, -0.15) is 13.4 Å². The molecule has 0 aliphatic carbocycles. The van der Waals surface area contributed by atoms with Crippen LogP contribution in [0.25, 0.3) is 11.2 Å². The van der Waals surface area contributed by atoms with Gasteiger partial charge in [-0.05, 0) is 48.7 Å². The topological polar surface area (TPSA) is 115 Å². The Morgan fingerprint density at radius 2 is 2.10 bits per heavy atom. The van der Waals surface area contributed by atoms with Crippen LogP contribution < -0.4 is 15.0 Å². The van der Waals surface area contributed by atoms with Crippen LogP contribution in [-0.2, 0) is 15.0 Å². The Labute approximate surface area is 172 Å². The summed E-state index contributed by atoms with van der Waals surface area (Å²) in [6, 6.07) is 8.89. The monoisotopic (exact) mass is 434 g/mol. The second-order valence-electron chi connectivity index (χ2n) is 6.92. The molecule has 4 rings (SSSR count).